The largest absolute Gasteiger partial charge is 0.473 e. The van der Waals surface area contributed by atoms with Crippen molar-refractivity contribution in [1.82, 2.24) is 14.1 Å². The average Bonchev–Trinajstić information content (AvgIpc) is 3.08. The second-order valence-electron chi connectivity index (χ2n) is 6.71. The van der Waals surface area contributed by atoms with Gasteiger partial charge in [-0.15, -0.1) is 0 Å². The first-order valence-corrected chi connectivity index (χ1v) is 8.13. The van der Waals surface area contributed by atoms with Gasteiger partial charge >= 0.3 is 5.69 Å². The van der Waals surface area contributed by atoms with E-state index in [2.05, 4.69) is 34.7 Å². The molecular weight excluding hydrogens is 306 g/mol. The van der Waals surface area contributed by atoms with Crippen molar-refractivity contribution >= 4 is 10.9 Å². The Morgan fingerprint density at radius 2 is 2.04 bits per heavy atom. The normalized spacial score (nSPS) is 21.2. The average molecular weight is 323 g/mol. The number of H-pyrrole nitrogens is 1. The zero-order valence-corrected chi connectivity index (χ0v) is 13.5. The van der Waals surface area contributed by atoms with Gasteiger partial charge in [-0.2, -0.15) is 0 Å². The third kappa shape index (κ3) is 1.55. The highest BCUT2D eigenvalue weighted by Crippen LogP contribution is 2.43. The number of ether oxygens (including phenoxy) is 1. The first-order chi connectivity index (χ1) is 11.6. The van der Waals surface area contributed by atoms with Gasteiger partial charge in [0.1, 0.15) is 6.10 Å². The maximum Gasteiger partial charge on any atom is 0.330 e. The van der Waals surface area contributed by atoms with Crippen LogP contribution in [0.1, 0.15) is 22.7 Å². The smallest absolute Gasteiger partial charge is 0.330 e. The summed E-state index contributed by atoms with van der Waals surface area (Å²) in [6.45, 7) is 2.88. The Bertz CT molecular complexity index is 1120. The van der Waals surface area contributed by atoms with Crippen molar-refractivity contribution in [3.05, 3.63) is 61.9 Å². The highest BCUT2D eigenvalue weighted by molar-refractivity contribution is 5.86. The molecule has 6 heteroatoms. The van der Waals surface area contributed by atoms with E-state index >= 15 is 0 Å². The minimum absolute atomic E-state index is 0.0430. The van der Waals surface area contributed by atoms with Crippen LogP contribution in [0.25, 0.3) is 10.9 Å². The number of para-hydroxylation sites is 1. The second-order valence-corrected chi connectivity index (χ2v) is 6.71. The Morgan fingerprint density at radius 3 is 2.88 bits per heavy atom. The van der Waals surface area contributed by atoms with E-state index in [4.69, 9.17) is 4.74 Å². The molecule has 5 rings (SSSR count). The SMILES string of the molecule is Cc1c2n(c3ccccc13)C[C@@H]1Oc3[nH]c(=O)n(C)c(=O)c3C[C@H]21. The standard InChI is InChI=1S/C18H17N3O3/c1-9-10-5-3-4-6-13(10)21-8-14-11(15(9)21)7-12-16(24-14)19-18(23)20(2)17(12)22/h3-6,11,14H,7-8H2,1-2H3,(H,19,23)/t11-,14-/m0/s1. The van der Waals surface area contributed by atoms with E-state index in [1.54, 1.807) is 0 Å². The van der Waals surface area contributed by atoms with Crippen molar-refractivity contribution in [3.63, 3.8) is 0 Å². The zero-order valence-electron chi connectivity index (χ0n) is 13.5. The summed E-state index contributed by atoms with van der Waals surface area (Å²) in [6.07, 6.45) is 0.555. The lowest BCUT2D eigenvalue weighted by atomic mass is 9.90. The van der Waals surface area contributed by atoms with E-state index in [9.17, 15) is 9.59 Å². The van der Waals surface area contributed by atoms with E-state index in [0.717, 1.165) is 11.1 Å². The van der Waals surface area contributed by atoms with Crippen LogP contribution in [0.15, 0.2) is 33.9 Å². The summed E-state index contributed by atoms with van der Waals surface area (Å²) in [4.78, 5) is 27.0. The van der Waals surface area contributed by atoms with E-state index in [0.29, 0.717) is 17.9 Å². The fourth-order valence-electron chi connectivity index (χ4n) is 4.30. The molecule has 24 heavy (non-hydrogen) atoms. The molecule has 0 spiro atoms. The molecule has 0 amide bonds. The van der Waals surface area contributed by atoms with Gasteiger partial charge in [0.25, 0.3) is 5.56 Å². The molecule has 2 aromatic heterocycles. The number of benzene rings is 1. The minimum Gasteiger partial charge on any atom is -0.473 e. The maximum atomic E-state index is 12.4. The van der Waals surface area contributed by atoms with Crippen molar-refractivity contribution < 1.29 is 4.74 Å². The minimum atomic E-state index is -0.434. The molecule has 1 N–H and O–H groups in total. The third-order valence-electron chi connectivity index (χ3n) is 5.49. The maximum absolute atomic E-state index is 12.4. The number of aryl methyl sites for hydroxylation is 1. The molecule has 3 aromatic rings. The van der Waals surface area contributed by atoms with Gasteiger partial charge in [-0.05, 0) is 25.0 Å². The fourth-order valence-corrected chi connectivity index (χ4v) is 4.30. The lowest BCUT2D eigenvalue weighted by Crippen LogP contribution is -2.40. The van der Waals surface area contributed by atoms with Gasteiger partial charge in [0.2, 0.25) is 5.88 Å². The number of aromatic amines is 1. The number of fused-ring (bicyclic) bond motifs is 6. The van der Waals surface area contributed by atoms with Gasteiger partial charge in [-0.25, -0.2) is 4.79 Å². The van der Waals surface area contributed by atoms with Crippen molar-refractivity contribution in [2.45, 2.75) is 31.9 Å². The van der Waals surface area contributed by atoms with Crippen LogP contribution in [0.5, 0.6) is 5.88 Å². The second kappa shape index (κ2) is 4.41. The van der Waals surface area contributed by atoms with Crippen LogP contribution in [0.2, 0.25) is 0 Å². The zero-order chi connectivity index (χ0) is 16.6. The van der Waals surface area contributed by atoms with Crippen LogP contribution in [-0.2, 0) is 20.0 Å². The topological polar surface area (TPSA) is 69.0 Å². The van der Waals surface area contributed by atoms with Crippen LogP contribution < -0.4 is 16.0 Å². The number of aromatic nitrogens is 3. The summed E-state index contributed by atoms with van der Waals surface area (Å²) in [5, 5.41) is 1.26. The molecule has 2 aliphatic rings. The van der Waals surface area contributed by atoms with Crippen LogP contribution >= 0.6 is 0 Å². The predicted octanol–water partition coefficient (Wildman–Crippen LogP) is 1.44. The quantitative estimate of drug-likeness (QED) is 0.680. The molecule has 0 aliphatic carbocycles. The molecule has 0 fully saturated rings. The summed E-state index contributed by atoms with van der Waals surface area (Å²) >= 11 is 0. The van der Waals surface area contributed by atoms with Gasteiger partial charge in [-0.1, -0.05) is 18.2 Å². The van der Waals surface area contributed by atoms with Gasteiger partial charge in [-0.3, -0.25) is 14.3 Å². The lowest BCUT2D eigenvalue weighted by molar-refractivity contribution is 0.146. The predicted molar refractivity (Wildman–Crippen MR) is 89.8 cm³/mol. The van der Waals surface area contributed by atoms with Crippen molar-refractivity contribution in [3.8, 4) is 5.88 Å². The summed E-state index contributed by atoms with van der Waals surface area (Å²) < 4.78 is 9.44. The first kappa shape index (κ1) is 13.7. The van der Waals surface area contributed by atoms with Gasteiger partial charge in [0.05, 0.1) is 12.1 Å². The van der Waals surface area contributed by atoms with Crippen molar-refractivity contribution in [1.29, 1.82) is 0 Å². The Kier molecular flexibility index (Phi) is 2.51. The molecule has 2 aliphatic heterocycles. The summed E-state index contributed by atoms with van der Waals surface area (Å²) in [5.74, 6) is 0.487. The molecule has 0 saturated heterocycles. The number of rotatable bonds is 0. The van der Waals surface area contributed by atoms with E-state index in [1.165, 1.54) is 29.2 Å². The van der Waals surface area contributed by atoms with Crippen LogP contribution in [0.4, 0.5) is 0 Å². The Labute approximate surface area is 137 Å². The lowest BCUT2D eigenvalue weighted by Gasteiger charge is -2.27. The third-order valence-corrected chi connectivity index (χ3v) is 5.49. The highest BCUT2D eigenvalue weighted by atomic mass is 16.5. The molecule has 122 valence electrons. The highest BCUT2D eigenvalue weighted by Gasteiger charge is 2.42. The van der Waals surface area contributed by atoms with E-state index in [1.807, 2.05) is 6.07 Å². The number of hydrogen-bond donors (Lipinski definition) is 1. The van der Waals surface area contributed by atoms with Crippen LogP contribution in [0.3, 0.4) is 0 Å². The molecule has 6 nitrogen and oxygen atoms in total. The van der Waals surface area contributed by atoms with Gasteiger partial charge < -0.3 is 9.30 Å². The van der Waals surface area contributed by atoms with E-state index in [-0.39, 0.29) is 17.6 Å². The van der Waals surface area contributed by atoms with Gasteiger partial charge in [0.15, 0.2) is 0 Å². The van der Waals surface area contributed by atoms with Crippen LogP contribution in [-0.4, -0.2) is 20.2 Å². The summed E-state index contributed by atoms with van der Waals surface area (Å²) in [6, 6.07) is 8.35. The fraction of sp³-hybridized carbons (Fsp3) is 0.333. The molecule has 0 bridgehead atoms. The monoisotopic (exact) mass is 323 g/mol. The Balaban J connectivity index is 1.71. The summed E-state index contributed by atoms with van der Waals surface area (Å²) in [5.41, 5.74) is 3.58. The van der Waals surface area contributed by atoms with Gasteiger partial charge in [0, 0.05) is 29.6 Å². The molecular formula is C18H17N3O3. The Morgan fingerprint density at radius 1 is 1.25 bits per heavy atom. The number of nitrogens with zero attached hydrogens (tertiary/aromatic N) is 2. The number of nitrogens with one attached hydrogen (secondary N) is 1. The molecule has 0 radical (unpaired) electrons. The molecule has 2 atom stereocenters. The molecule has 0 unspecified atom stereocenters. The van der Waals surface area contributed by atoms with Crippen LogP contribution in [0, 0.1) is 6.92 Å². The summed E-state index contributed by atoms with van der Waals surface area (Å²) in [7, 11) is 1.49. The molecule has 1 aromatic carbocycles. The number of hydrogen-bond acceptors (Lipinski definition) is 3. The Hall–Kier alpha value is -2.76. The van der Waals surface area contributed by atoms with E-state index < -0.39 is 5.69 Å². The van der Waals surface area contributed by atoms with Crippen molar-refractivity contribution in [2.75, 3.05) is 0 Å². The molecule has 4 heterocycles. The first-order valence-electron chi connectivity index (χ1n) is 8.13. The van der Waals surface area contributed by atoms with Crippen molar-refractivity contribution in [2.24, 2.45) is 7.05 Å². The molecule has 0 saturated carbocycles.